The van der Waals surface area contributed by atoms with Gasteiger partial charge in [0.2, 0.25) is 5.91 Å². The molecule has 1 aliphatic rings. The van der Waals surface area contributed by atoms with Crippen LogP contribution in [0.2, 0.25) is 0 Å². The summed E-state index contributed by atoms with van der Waals surface area (Å²) in [6.07, 6.45) is -1.78. The predicted molar refractivity (Wildman–Crippen MR) is 109 cm³/mol. The highest BCUT2D eigenvalue weighted by Gasteiger charge is 2.33. The molecule has 1 heterocycles. The van der Waals surface area contributed by atoms with Gasteiger partial charge in [-0.1, -0.05) is 48.5 Å². The average molecular weight is 447 g/mol. The monoisotopic (exact) mass is 447 g/mol. The second-order valence-electron chi connectivity index (χ2n) is 7.09. The molecule has 2 unspecified atom stereocenters. The summed E-state index contributed by atoms with van der Waals surface area (Å²) in [6, 6.07) is 15.4. The minimum absolute atomic E-state index is 0.0908. The number of fused-ring (bicyclic) bond motifs is 1. The minimum Gasteiger partial charge on any atom is -0.420 e. The molecule has 2 atom stereocenters. The summed E-state index contributed by atoms with van der Waals surface area (Å²) in [5.74, 6) is -2.80. The van der Waals surface area contributed by atoms with Crippen molar-refractivity contribution in [2.45, 2.75) is 19.1 Å². The van der Waals surface area contributed by atoms with Crippen LogP contribution in [0.3, 0.4) is 0 Å². The van der Waals surface area contributed by atoms with Gasteiger partial charge < -0.3 is 24.6 Å². The van der Waals surface area contributed by atoms with Crippen LogP contribution in [0.4, 0.5) is 0 Å². The van der Waals surface area contributed by atoms with Crippen molar-refractivity contribution < 1.29 is 38.2 Å². The fourth-order valence-electron chi connectivity index (χ4n) is 3.24. The third kappa shape index (κ3) is 6.49. The molecule has 2 aromatic rings. The van der Waals surface area contributed by atoms with Gasteiger partial charge in [0.25, 0.3) is 6.29 Å². The van der Waals surface area contributed by atoms with Crippen LogP contribution >= 0.6 is 7.60 Å². The van der Waals surface area contributed by atoms with E-state index in [0.717, 1.165) is 5.56 Å². The van der Waals surface area contributed by atoms with Gasteiger partial charge in [0.05, 0.1) is 24.1 Å². The smallest absolute Gasteiger partial charge is 0.342 e. The van der Waals surface area contributed by atoms with Crippen LogP contribution in [-0.4, -0.2) is 40.3 Å². The van der Waals surface area contributed by atoms with E-state index in [4.69, 9.17) is 9.47 Å². The number of nitrogens with one attached hydrogen (secondary N) is 1. The van der Waals surface area contributed by atoms with E-state index in [2.05, 4.69) is 5.32 Å². The maximum Gasteiger partial charge on any atom is 0.342 e. The topological polar surface area (TPSA) is 139 Å². The Labute approximate surface area is 178 Å². The first kappa shape index (κ1) is 22.7. The molecule has 9 nitrogen and oxygen atoms in total. The van der Waals surface area contributed by atoms with E-state index in [9.17, 15) is 28.7 Å². The van der Waals surface area contributed by atoms with Gasteiger partial charge in [-0.3, -0.25) is 14.2 Å². The molecule has 0 fully saturated rings. The highest BCUT2D eigenvalue weighted by atomic mass is 31.2. The second-order valence-corrected chi connectivity index (χ2v) is 8.78. The molecule has 1 amide bonds. The van der Waals surface area contributed by atoms with Crippen LogP contribution in [0.15, 0.2) is 54.6 Å². The first-order valence-electron chi connectivity index (χ1n) is 9.58. The van der Waals surface area contributed by atoms with Gasteiger partial charge in [0.15, 0.2) is 0 Å². The Morgan fingerprint density at radius 2 is 1.77 bits per heavy atom. The molecule has 0 aliphatic carbocycles. The number of rotatable bonds is 9. The SMILES string of the molecule is O=C(CCNC(=O)C(Cc1ccccc1)CP(=O)(O)O)OC1OC(=O)c2ccccc21. The van der Waals surface area contributed by atoms with E-state index in [-0.39, 0.29) is 19.4 Å². The summed E-state index contributed by atoms with van der Waals surface area (Å²) in [5.41, 5.74) is 1.54. The zero-order valence-electron chi connectivity index (χ0n) is 16.5. The lowest BCUT2D eigenvalue weighted by atomic mass is 10.0. The largest absolute Gasteiger partial charge is 0.420 e. The first-order chi connectivity index (χ1) is 14.7. The molecule has 2 aromatic carbocycles. The van der Waals surface area contributed by atoms with Crippen molar-refractivity contribution in [3.63, 3.8) is 0 Å². The normalized spacial score (nSPS) is 16.2. The van der Waals surface area contributed by atoms with Gasteiger partial charge in [-0.25, -0.2) is 4.79 Å². The zero-order valence-corrected chi connectivity index (χ0v) is 17.4. The molecule has 1 aliphatic heterocycles. The minimum atomic E-state index is -4.42. The molecule has 10 heteroatoms. The predicted octanol–water partition coefficient (Wildman–Crippen LogP) is 1.94. The van der Waals surface area contributed by atoms with Crippen molar-refractivity contribution in [2.75, 3.05) is 12.7 Å². The number of amides is 1. The molecule has 31 heavy (non-hydrogen) atoms. The van der Waals surface area contributed by atoms with Gasteiger partial charge in [-0.05, 0) is 18.1 Å². The van der Waals surface area contributed by atoms with E-state index in [1.54, 1.807) is 54.6 Å². The molecule has 0 saturated carbocycles. The lowest BCUT2D eigenvalue weighted by Crippen LogP contribution is -2.35. The molecule has 3 rings (SSSR count). The van der Waals surface area contributed by atoms with E-state index in [1.807, 2.05) is 0 Å². The fraction of sp³-hybridized carbons (Fsp3) is 0.286. The molecule has 3 N–H and O–H groups in total. The van der Waals surface area contributed by atoms with Crippen molar-refractivity contribution >= 4 is 25.4 Å². The number of hydrogen-bond donors (Lipinski definition) is 3. The Hall–Kier alpha value is -3.00. The maximum absolute atomic E-state index is 12.5. The molecule has 0 spiro atoms. The highest BCUT2D eigenvalue weighted by Crippen LogP contribution is 2.38. The fourth-order valence-corrected chi connectivity index (χ4v) is 4.11. The summed E-state index contributed by atoms with van der Waals surface area (Å²) in [4.78, 5) is 55.0. The summed E-state index contributed by atoms with van der Waals surface area (Å²) in [5, 5.41) is 2.52. The van der Waals surface area contributed by atoms with Crippen molar-refractivity contribution in [1.29, 1.82) is 0 Å². The molecular weight excluding hydrogens is 425 g/mol. The molecular formula is C21H22NO8P. The third-order valence-electron chi connectivity index (χ3n) is 4.67. The maximum atomic E-state index is 12.5. The average Bonchev–Trinajstić information content (AvgIpc) is 3.03. The van der Waals surface area contributed by atoms with E-state index < -0.39 is 43.8 Å². The quantitative estimate of drug-likeness (QED) is 0.392. The zero-order chi connectivity index (χ0) is 22.4. The summed E-state index contributed by atoms with van der Waals surface area (Å²) in [7, 11) is -4.42. The van der Waals surface area contributed by atoms with Crippen LogP contribution in [0.5, 0.6) is 0 Å². The molecule has 164 valence electrons. The Morgan fingerprint density at radius 1 is 1.10 bits per heavy atom. The van der Waals surface area contributed by atoms with Crippen LogP contribution in [0.25, 0.3) is 0 Å². The Bertz CT molecular complexity index is 1000. The number of carbonyl (C=O) groups excluding carboxylic acids is 3. The Kier molecular flexibility index (Phi) is 7.22. The number of ether oxygens (including phenoxy) is 2. The first-order valence-corrected chi connectivity index (χ1v) is 11.4. The third-order valence-corrected chi connectivity index (χ3v) is 5.59. The Morgan fingerprint density at radius 3 is 2.48 bits per heavy atom. The Balaban J connectivity index is 1.52. The van der Waals surface area contributed by atoms with Gasteiger partial charge in [-0.15, -0.1) is 0 Å². The molecule has 0 saturated heterocycles. The number of esters is 2. The highest BCUT2D eigenvalue weighted by molar-refractivity contribution is 7.51. The van der Waals surface area contributed by atoms with Crippen molar-refractivity contribution in [3.05, 3.63) is 71.3 Å². The van der Waals surface area contributed by atoms with E-state index in [0.29, 0.717) is 11.1 Å². The van der Waals surface area contributed by atoms with Gasteiger partial charge in [-0.2, -0.15) is 0 Å². The van der Waals surface area contributed by atoms with Crippen LogP contribution in [0.1, 0.15) is 34.2 Å². The molecule has 0 aromatic heterocycles. The van der Waals surface area contributed by atoms with E-state index >= 15 is 0 Å². The van der Waals surface area contributed by atoms with Crippen LogP contribution in [0, 0.1) is 5.92 Å². The lowest BCUT2D eigenvalue weighted by molar-refractivity contribution is -0.167. The molecule has 0 radical (unpaired) electrons. The molecule has 0 bridgehead atoms. The van der Waals surface area contributed by atoms with Crippen molar-refractivity contribution in [2.24, 2.45) is 5.92 Å². The number of cyclic esters (lactones) is 1. The number of benzene rings is 2. The summed E-state index contributed by atoms with van der Waals surface area (Å²) in [6.45, 7) is -0.0908. The standard InChI is InChI=1S/C21H22NO8P/c23-18(29-21-17-9-5-4-8-16(17)20(25)30-21)10-11-22-19(24)15(13-31(26,27)28)12-14-6-2-1-3-7-14/h1-9,15,21H,10-13H2,(H,22,24)(H2,26,27,28). The summed E-state index contributed by atoms with van der Waals surface area (Å²) < 4.78 is 21.6. The van der Waals surface area contributed by atoms with E-state index in [1.165, 1.54) is 0 Å². The van der Waals surface area contributed by atoms with Crippen molar-refractivity contribution in [1.82, 2.24) is 5.32 Å². The van der Waals surface area contributed by atoms with Gasteiger partial charge >= 0.3 is 19.5 Å². The van der Waals surface area contributed by atoms with Gasteiger partial charge in [0.1, 0.15) is 0 Å². The second kappa shape index (κ2) is 9.87. The van der Waals surface area contributed by atoms with Crippen LogP contribution < -0.4 is 5.32 Å². The number of carbonyl (C=O) groups is 3. The van der Waals surface area contributed by atoms with Crippen molar-refractivity contribution in [3.8, 4) is 0 Å². The number of hydrogen-bond acceptors (Lipinski definition) is 6. The van der Waals surface area contributed by atoms with Crippen LogP contribution in [-0.2, 0) is 30.0 Å². The summed E-state index contributed by atoms with van der Waals surface area (Å²) >= 11 is 0. The van der Waals surface area contributed by atoms with Gasteiger partial charge in [0, 0.05) is 12.1 Å². The lowest BCUT2D eigenvalue weighted by Gasteiger charge is -2.18.